The van der Waals surface area contributed by atoms with Crippen molar-refractivity contribution in [1.29, 1.82) is 0 Å². The molecule has 0 fully saturated rings. The molecule has 2 N–H and O–H groups in total. The molecular formula is C45H77O8P. The van der Waals surface area contributed by atoms with Crippen LogP contribution in [0.2, 0.25) is 0 Å². The van der Waals surface area contributed by atoms with Crippen molar-refractivity contribution in [2.45, 2.75) is 187 Å². The molecule has 0 radical (unpaired) electrons. The van der Waals surface area contributed by atoms with E-state index in [4.69, 9.17) is 19.3 Å². The van der Waals surface area contributed by atoms with E-state index in [-0.39, 0.29) is 19.4 Å². The summed E-state index contributed by atoms with van der Waals surface area (Å²) >= 11 is 0. The molecular weight excluding hydrogens is 699 g/mol. The number of unbranched alkanes of at least 4 members (excludes halogenated alkanes) is 16. The van der Waals surface area contributed by atoms with Crippen molar-refractivity contribution in [3.63, 3.8) is 0 Å². The van der Waals surface area contributed by atoms with Gasteiger partial charge in [-0.05, 0) is 83.5 Å². The third-order valence-electron chi connectivity index (χ3n) is 8.70. The lowest BCUT2D eigenvalue weighted by molar-refractivity contribution is -0.161. The van der Waals surface area contributed by atoms with Crippen molar-refractivity contribution in [2.75, 3.05) is 13.2 Å². The van der Waals surface area contributed by atoms with Crippen LogP contribution in [0.25, 0.3) is 0 Å². The van der Waals surface area contributed by atoms with Crippen molar-refractivity contribution < 1.29 is 37.9 Å². The highest BCUT2D eigenvalue weighted by atomic mass is 31.2. The van der Waals surface area contributed by atoms with E-state index in [1.54, 1.807) is 0 Å². The highest BCUT2D eigenvalue weighted by Crippen LogP contribution is 2.36. The highest BCUT2D eigenvalue weighted by Gasteiger charge is 2.22. The van der Waals surface area contributed by atoms with E-state index in [1.165, 1.54) is 83.5 Å². The van der Waals surface area contributed by atoms with E-state index in [0.29, 0.717) is 12.8 Å². The molecule has 54 heavy (non-hydrogen) atoms. The molecule has 0 saturated heterocycles. The molecule has 0 aromatic heterocycles. The third-order valence-corrected chi connectivity index (χ3v) is 9.18. The number of phosphoric acid groups is 1. The van der Waals surface area contributed by atoms with Gasteiger partial charge >= 0.3 is 19.8 Å². The number of carbonyl (C=O) groups is 2. The van der Waals surface area contributed by atoms with Crippen LogP contribution in [0, 0.1) is 0 Å². The lowest BCUT2D eigenvalue weighted by Gasteiger charge is -2.18. The summed E-state index contributed by atoms with van der Waals surface area (Å²) in [6.45, 7) is 3.58. The lowest BCUT2D eigenvalue weighted by Crippen LogP contribution is -2.29. The van der Waals surface area contributed by atoms with Gasteiger partial charge in [-0.3, -0.25) is 14.1 Å². The van der Waals surface area contributed by atoms with Crippen molar-refractivity contribution in [1.82, 2.24) is 0 Å². The van der Waals surface area contributed by atoms with Gasteiger partial charge in [-0.2, -0.15) is 0 Å². The number of phosphoric ester groups is 1. The fourth-order valence-electron chi connectivity index (χ4n) is 5.51. The van der Waals surface area contributed by atoms with Crippen LogP contribution >= 0.6 is 7.82 Å². The zero-order valence-corrected chi connectivity index (χ0v) is 35.0. The first-order valence-corrected chi connectivity index (χ1v) is 22.8. The zero-order valence-electron chi connectivity index (χ0n) is 34.1. The van der Waals surface area contributed by atoms with Crippen LogP contribution in [0.4, 0.5) is 0 Å². The van der Waals surface area contributed by atoms with Gasteiger partial charge in [0, 0.05) is 12.8 Å². The van der Waals surface area contributed by atoms with E-state index in [0.717, 1.165) is 57.8 Å². The quantitative estimate of drug-likeness (QED) is 0.0275. The molecule has 0 rings (SSSR count). The summed E-state index contributed by atoms with van der Waals surface area (Å²) in [5, 5.41) is 0. The Morgan fingerprint density at radius 1 is 0.481 bits per heavy atom. The molecule has 0 aliphatic heterocycles. The monoisotopic (exact) mass is 777 g/mol. The number of carbonyl (C=O) groups excluding carboxylic acids is 2. The van der Waals surface area contributed by atoms with Crippen LogP contribution in [0.15, 0.2) is 72.9 Å². The van der Waals surface area contributed by atoms with Crippen LogP contribution in [0.1, 0.15) is 181 Å². The first-order valence-electron chi connectivity index (χ1n) is 21.2. The SMILES string of the molecule is CCCCC/C=C\C/C=C\C/C=C\C/C=C\CCCC(=O)OC[C@H](COP(=O)(O)O)OC(=O)CCCCCCCCCCC/C=C\C/C=C\CCCCC. The summed E-state index contributed by atoms with van der Waals surface area (Å²) in [5.41, 5.74) is 0. The molecule has 9 heteroatoms. The molecule has 0 aliphatic rings. The molecule has 310 valence electrons. The lowest BCUT2D eigenvalue weighted by atomic mass is 10.1. The van der Waals surface area contributed by atoms with Crippen LogP contribution in [-0.2, 0) is 28.2 Å². The van der Waals surface area contributed by atoms with Crippen molar-refractivity contribution in [3.8, 4) is 0 Å². The van der Waals surface area contributed by atoms with Crippen molar-refractivity contribution in [2.24, 2.45) is 0 Å². The van der Waals surface area contributed by atoms with Gasteiger partial charge in [-0.25, -0.2) is 4.57 Å². The Balaban J connectivity index is 4.02. The van der Waals surface area contributed by atoms with E-state index < -0.39 is 32.5 Å². The van der Waals surface area contributed by atoms with Gasteiger partial charge in [0.2, 0.25) is 0 Å². The minimum absolute atomic E-state index is 0.187. The zero-order chi connectivity index (χ0) is 39.6. The summed E-state index contributed by atoms with van der Waals surface area (Å²) in [4.78, 5) is 42.8. The molecule has 0 aromatic rings. The van der Waals surface area contributed by atoms with Crippen LogP contribution in [0.3, 0.4) is 0 Å². The predicted molar refractivity (Wildman–Crippen MR) is 225 cm³/mol. The number of hydrogen-bond donors (Lipinski definition) is 2. The van der Waals surface area contributed by atoms with Gasteiger partial charge in [0.15, 0.2) is 6.10 Å². The Morgan fingerprint density at radius 2 is 0.852 bits per heavy atom. The Morgan fingerprint density at radius 3 is 1.30 bits per heavy atom. The fraction of sp³-hybridized carbons (Fsp3) is 0.689. The Labute approximate surface area is 329 Å². The van der Waals surface area contributed by atoms with E-state index >= 15 is 0 Å². The molecule has 0 aliphatic carbocycles. The molecule has 0 amide bonds. The summed E-state index contributed by atoms with van der Waals surface area (Å²) in [5.74, 6) is -0.959. The van der Waals surface area contributed by atoms with Crippen molar-refractivity contribution in [3.05, 3.63) is 72.9 Å². The van der Waals surface area contributed by atoms with Gasteiger partial charge in [0.25, 0.3) is 0 Å². The average molecular weight is 777 g/mol. The fourth-order valence-corrected chi connectivity index (χ4v) is 5.87. The number of ether oxygens (including phenoxy) is 2. The molecule has 0 spiro atoms. The predicted octanol–water partition coefficient (Wildman–Crippen LogP) is 13.1. The second kappa shape index (κ2) is 40.2. The van der Waals surface area contributed by atoms with Gasteiger partial charge in [0.1, 0.15) is 6.61 Å². The molecule has 1 atom stereocenters. The molecule has 0 bridgehead atoms. The Bertz CT molecular complexity index is 1100. The average Bonchev–Trinajstić information content (AvgIpc) is 3.14. The third kappa shape index (κ3) is 42.2. The van der Waals surface area contributed by atoms with E-state index in [9.17, 15) is 14.2 Å². The van der Waals surface area contributed by atoms with Gasteiger partial charge < -0.3 is 19.3 Å². The molecule has 8 nitrogen and oxygen atoms in total. The maximum Gasteiger partial charge on any atom is 0.469 e. The normalized spacial score (nSPS) is 13.2. The topological polar surface area (TPSA) is 119 Å². The maximum absolute atomic E-state index is 12.4. The summed E-state index contributed by atoms with van der Waals surface area (Å²) < 4.78 is 26.3. The second-order valence-corrected chi connectivity index (χ2v) is 15.2. The van der Waals surface area contributed by atoms with Crippen LogP contribution in [-0.4, -0.2) is 41.0 Å². The second-order valence-electron chi connectivity index (χ2n) is 14.0. The van der Waals surface area contributed by atoms with Crippen LogP contribution in [0.5, 0.6) is 0 Å². The Hall–Kier alpha value is -2.51. The van der Waals surface area contributed by atoms with E-state index in [2.05, 4.69) is 85.2 Å². The number of allylic oxidation sites excluding steroid dienone is 12. The first-order chi connectivity index (χ1) is 26.3. The minimum atomic E-state index is -4.77. The largest absolute Gasteiger partial charge is 0.469 e. The molecule has 0 unspecified atom stereocenters. The standard InChI is InChI=1S/C45H77O8P/c1-3-5-7-9-11-13-15-17-19-21-22-24-26-28-30-32-34-36-38-40-45(47)53-43(42-52-54(48,49)50)41-51-44(46)39-37-35-33-31-29-27-25-23-20-18-16-14-12-10-8-6-4-2/h11-14,17-20,25,27,31,33,43H,3-10,15-16,21-24,26,28-30,32,34-42H2,1-2H3,(H2,48,49,50)/b13-11-,14-12-,19-17-,20-18-,27-25-,33-31-/t43-/m1/s1. The number of rotatable bonds is 38. The number of esters is 2. The van der Waals surface area contributed by atoms with Gasteiger partial charge in [-0.1, -0.05) is 157 Å². The summed E-state index contributed by atoms with van der Waals surface area (Å²) in [7, 11) is -4.77. The maximum atomic E-state index is 12.4. The highest BCUT2D eigenvalue weighted by molar-refractivity contribution is 7.46. The van der Waals surface area contributed by atoms with E-state index in [1.807, 2.05) is 6.08 Å². The van der Waals surface area contributed by atoms with Gasteiger partial charge in [0.05, 0.1) is 6.61 Å². The minimum Gasteiger partial charge on any atom is -0.462 e. The van der Waals surface area contributed by atoms with Crippen LogP contribution < -0.4 is 0 Å². The number of hydrogen-bond acceptors (Lipinski definition) is 6. The summed E-state index contributed by atoms with van der Waals surface area (Å²) in [6, 6.07) is 0. The first kappa shape index (κ1) is 51.5. The summed E-state index contributed by atoms with van der Waals surface area (Å²) in [6.07, 6.45) is 51.9. The molecule has 0 heterocycles. The smallest absolute Gasteiger partial charge is 0.462 e. The van der Waals surface area contributed by atoms with Crippen molar-refractivity contribution >= 4 is 19.8 Å². The molecule has 0 aromatic carbocycles. The Kier molecular flexibility index (Phi) is 38.3. The van der Waals surface area contributed by atoms with Gasteiger partial charge in [-0.15, -0.1) is 0 Å². The molecule has 0 saturated carbocycles.